The van der Waals surface area contributed by atoms with Crippen molar-refractivity contribution in [3.05, 3.63) is 35.4 Å². The smallest absolute Gasteiger partial charge is 0.0307 e. The molecular weight excluding hydrogens is 218 g/mol. The Morgan fingerprint density at radius 3 is 2.94 bits per heavy atom. The van der Waals surface area contributed by atoms with Gasteiger partial charge in [-0.05, 0) is 35.9 Å². The molecule has 0 saturated heterocycles. The quantitative estimate of drug-likeness (QED) is 0.846. The van der Waals surface area contributed by atoms with Gasteiger partial charge >= 0.3 is 0 Å². The number of nitrogens with two attached hydrogens (primary N) is 1. The second-order valence-corrected chi connectivity index (χ2v) is 6.26. The lowest BCUT2D eigenvalue weighted by Gasteiger charge is -2.29. The van der Waals surface area contributed by atoms with Crippen LogP contribution in [0.3, 0.4) is 0 Å². The Kier molecular flexibility index (Phi) is 3.77. The minimum Gasteiger partial charge on any atom is -0.330 e. The summed E-state index contributed by atoms with van der Waals surface area (Å²) in [5.41, 5.74) is 8.37. The summed E-state index contributed by atoms with van der Waals surface area (Å²) in [5, 5.41) is 0. The molecule has 1 aromatic carbocycles. The Hall–Kier alpha value is -0.670. The van der Waals surface area contributed by atoms with E-state index in [-0.39, 0.29) is 0 Å². The first-order chi connectivity index (χ1) is 7.70. The van der Waals surface area contributed by atoms with Crippen LogP contribution in [-0.4, -0.2) is 22.3 Å². The highest BCUT2D eigenvalue weighted by atomic mass is 32.2. The van der Waals surface area contributed by atoms with Crippen LogP contribution in [0.15, 0.2) is 24.3 Å². The van der Waals surface area contributed by atoms with Crippen molar-refractivity contribution in [3.63, 3.8) is 0 Å². The van der Waals surface area contributed by atoms with Crippen molar-refractivity contribution in [2.24, 2.45) is 11.7 Å². The molecular formula is C13H19NOS. The molecule has 0 spiro atoms. The van der Waals surface area contributed by atoms with Crippen LogP contribution in [0.2, 0.25) is 0 Å². The molecule has 0 amide bonds. The normalized spacial score (nSPS) is 22.0. The lowest BCUT2D eigenvalue weighted by Crippen LogP contribution is -2.26. The van der Waals surface area contributed by atoms with Crippen LogP contribution in [0.1, 0.15) is 24.0 Å². The molecule has 0 radical (unpaired) electrons. The number of rotatable bonds is 5. The number of benzene rings is 1. The molecule has 2 nitrogen and oxygen atoms in total. The van der Waals surface area contributed by atoms with Gasteiger partial charge in [-0.1, -0.05) is 31.2 Å². The lowest BCUT2D eigenvalue weighted by molar-refractivity contribution is 0.621. The van der Waals surface area contributed by atoms with Gasteiger partial charge in [0, 0.05) is 22.3 Å². The molecule has 2 rings (SSSR count). The highest BCUT2D eigenvalue weighted by molar-refractivity contribution is 7.85. The summed E-state index contributed by atoms with van der Waals surface area (Å²) in [4.78, 5) is 0. The van der Waals surface area contributed by atoms with Gasteiger partial charge in [0.2, 0.25) is 0 Å². The van der Waals surface area contributed by atoms with Gasteiger partial charge in [0.1, 0.15) is 0 Å². The molecule has 0 aliphatic heterocycles. The van der Waals surface area contributed by atoms with Crippen LogP contribution in [0.4, 0.5) is 0 Å². The molecule has 88 valence electrons. The molecule has 3 heteroatoms. The lowest BCUT2D eigenvalue weighted by atomic mass is 9.79. The molecule has 3 atom stereocenters. The van der Waals surface area contributed by atoms with Crippen LogP contribution in [0.5, 0.6) is 0 Å². The second-order valence-electron chi connectivity index (χ2n) is 4.71. The van der Waals surface area contributed by atoms with Gasteiger partial charge < -0.3 is 5.73 Å². The third kappa shape index (κ3) is 2.53. The Morgan fingerprint density at radius 1 is 1.50 bits per heavy atom. The number of fused-ring (bicyclic) bond motifs is 1. The summed E-state index contributed by atoms with van der Waals surface area (Å²) in [6.45, 7) is 2.69. The van der Waals surface area contributed by atoms with E-state index in [9.17, 15) is 4.21 Å². The SMILES string of the molecule is CC(CN)CS(=O)CC1Cc2ccccc21. The molecule has 1 aromatic rings. The number of hydrogen-bond donors (Lipinski definition) is 1. The largest absolute Gasteiger partial charge is 0.330 e. The van der Waals surface area contributed by atoms with Crippen LogP contribution < -0.4 is 5.73 Å². The van der Waals surface area contributed by atoms with Crippen molar-refractivity contribution in [1.29, 1.82) is 0 Å². The van der Waals surface area contributed by atoms with Gasteiger partial charge in [0.05, 0.1) is 0 Å². The molecule has 3 unspecified atom stereocenters. The molecule has 1 aliphatic carbocycles. The van der Waals surface area contributed by atoms with Crippen molar-refractivity contribution < 1.29 is 4.21 Å². The fourth-order valence-electron chi connectivity index (χ4n) is 2.19. The summed E-state index contributed by atoms with van der Waals surface area (Å²) >= 11 is 0. The van der Waals surface area contributed by atoms with Crippen LogP contribution >= 0.6 is 0 Å². The van der Waals surface area contributed by atoms with Crippen molar-refractivity contribution in [1.82, 2.24) is 0 Å². The Balaban J connectivity index is 1.87. The van der Waals surface area contributed by atoms with Crippen molar-refractivity contribution >= 4 is 10.8 Å². The van der Waals surface area contributed by atoms with Gasteiger partial charge in [0.15, 0.2) is 0 Å². The van der Waals surface area contributed by atoms with E-state index in [1.54, 1.807) is 0 Å². The van der Waals surface area contributed by atoms with Gasteiger partial charge in [-0.3, -0.25) is 4.21 Å². The van der Waals surface area contributed by atoms with Crippen LogP contribution in [0.25, 0.3) is 0 Å². The standard InChI is InChI=1S/C13H19NOS/c1-10(7-14)8-16(15)9-12-6-11-4-2-3-5-13(11)12/h2-5,10,12H,6-9,14H2,1H3. The van der Waals surface area contributed by atoms with Gasteiger partial charge in [-0.15, -0.1) is 0 Å². The topological polar surface area (TPSA) is 43.1 Å². The maximum Gasteiger partial charge on any atom is 0.0307 e. The zero-order chi connectivity index (χ0) is 11.5. The van der Waals surface area contributed by atoms with Crippen LogP contribution in [0, 0.1) is 5.92 Å². The van der Waals surface area contributed by atoms with E-state index in [1.807, 2.05) is 0 Å². The van der Waals surface area contributed by atoms with Crippen molar-refractivity contribution in [2.45, 2.75) is 19.3 Å². The summed E-state index contributed by atoms with van der Waals surface area (Å²) in [5.74, 6) is 2.44. The Morgan fingerprint density at radius 2 is 2.25 bits per heavy atom. The molecule has 2 N–H and O–H groups in total. The van der Waals surface area contributed by atoms with E-state index >= 15 is 0 Å². The molecule has 0 saturated carbocycles. The van der Waals surface area contributed by atoms with Crippen LogP contribution in [-0.2, 0) is 17.2 Å². The second kappa shape index (κ2) is 5.11. The van der Waals surface area contributed by atoms with E-state index in [1.165, 1.54) is 11.1 Å². The summed E-state index contributed by atoms with van der Waals surface area (Å²) in [7, 11) is -0.716. The first-order valence-electron chi connectivity index (χ1n) is 5.83. The highest BCUT2D eigenvalue weighted by Gasteiger charge is 2.27. The minimum atomic E-state index is -0.716. The zero-order valence-corrected chi connectivity index (χ0v) is 10.5. The zero-order valence-electron chi connectivity index (χ0n) is 9.69. The predicted octanol–water partition coefficient (Wildman–Crippen LogP) is 1.67. The molecule has 0 fully saturated rings. The molecule has 0 aromatic heterocycles. The van der Waals surface area contributed by atoms with Gasteiger partial charge in [-0.25, -0.2) is 0 Å². The monoisotopic (exact) mass is 237 g/mol. The average molecular weight is 237 g/mol. The summed E-state index contributed by atoms with van der Waals surface area (Å²) in [6.07, 6.45) is 1.10. The molecule has 16 heavy (non-hydrogen) atoms. The molecule has 0 heterocycles. The fourth-order valence-corrected chi connectivity index (χ4v) is 3.84. The van der Waals surface area contributed by atoms with Crippen molar-refractivity contribution in [2.75, 3.05) is 18.1 Å². The van der Waals surface area contributed by atoms with E-state index in [0.717, 1.165) is 17.9 Å². The third-order valence-corrected chi connectivity index (χ3v) is 4.94. The Bertz CT molecular complexity index is 391. The van der Waals surface area contributed by atoms with Gasteiger partial charge in [0.25, 0.3) is 0 Å². The van der Waals surface area contributed by atoms with E-state index in [0.29, 0.717) is 18.4 Å². The maximum absolute atomic E-state index is 11.9. The predicted molar refractivity (Wildman–Crippen MR) is 69.0 cm³/mol. The minimum absolute atomic E-state index is 0.371. The summed E-state index contributed by atoms with van der Waals surface area (Å²) < 4.78 is 11.9. The maximum atomic E-state index is 11.9. The summed E-state index contributed by atoms with van der Waals surface area (Å²) in [6, 6.07) is 8.46. The number of hydrogen-bond acceptors (Lipinski definition) is 2. The van der Waals surface area contributed by atoms with Crippen molar-refractivity contribution in [3.8, 4) is 0 Å². The van der Waals surface area contributed by atoms with Gasteiger partial charge in [-0.2, -0.15) is 0 Å². The average Bonchev–Trinajstić information content (AvgIpc) is 2.26. The molecule has 0 bridgehead atoms. The van der Waals surface area contributed by atoms with E-state index < -0.39 is 10.8 Å². The third-order valence-electron chi connectivity index (χ3n) is 3.22. The fraction of sp³-hybridized carbons (Fsp3) is 0.538. The first-order valence-corrected chi connectivity index (χ1v) is 7.32. The van der Waals surface area contributed by atoms with E-state index in [4.69, 9.17) is 5.73 Å². The first kappa shape index (κ1) is 11.8. The van der Waals surface area contributed by atoms with E-state index in [2.05, 4.69) is 31.2 Å². The highest BCUT2D eigenvalue weighted by Crippen LogP contribution is 2.35. The molecule has 1 aliphatic rings. The Labute approximate surface area is 99.7 Å².